The Morgan fingerprint density at radius 1 is 1.39 bits per heavy atom. The van der Waals surface area contributed by atoms with Crippen LogP contribution in [-0.2, 0) is 11.3 Å². The van der Waals surface area contributed by atoms with E-state index >= 15 is 0 Å². The molecule has 8 heteroatoms. The number of ether oxygens (including phenoxy) is 1. The van der Waals surface area contributed by atoms with Crippen LogP contribution in [0.2, 0.25) is 5.02 Å². The average molecular weight is 338 g/mol. The van der Waals surface area contributed by atoms with Crippen molar-refractivity contribution in [1.29, 1.82) is 0 Å². The van der Waals surface area contributed by atoms with Gasteiger partial charge in [-0.05, 0) is 19.1 Å². The summed E-state index contributed by atoms with van der Waals surface area (Å²) in [5.74, 6) is 1.61. The van der Waals surface area contributed by atoms with E-state index in [0.29, 0.717) is 49.0 Å². The van der Waals surface area contributed by atoms with Crippen molar-refractivity contribution in [2.45, 2.75) is 13.5 Å². The van der Waals surface area contributed by atoms with E-state index in [4.69, 9.17) is 20.9 Å². The lowest BCUT2D eigenvalue weighted by Crippen LogP contribution is -2.38. The summed E-state index contributed by atoms with van der Waals surface area (Å²) in [6.45, 7) is 4.33. The molecule has 1 aromatic heterocycles. The molecule has 0 saturated carbocycles. The third kappa shape index (κ3) is 5.54. The molecule has 0 amide bonds. The van der Waals surface area contributed by atoms with Crippen LogP contribution in [0.3, 0.4) is 0 Å². The number of hydrogen-bond acceptors (Lipinski definition) is 5. The van der Waals surface area contributed by atoms with Crippen LogP contribution in [0.25, 0.3) is 11.4 Å². The van der Waals surface area contributed by atoms with E-state index in [-0.39, 0.29) is 0 Å². The molecule has 1 heterocycles. The Morgan fingerprint density at radius 2 is 2.26 bits per heavy atom. The van der Waals surface area contributed by atoms with E-state index in [1.165, 1.54) is 0 Å². The minimum absolute atomic E-state index is 0.377. The summed E-state index contributed by atoms with van der Waals surface area (Å²) < 4.78 is 10.5. The van der Waals surface area contributed by atoms with Crippen LogP contribution in [-0.4, -0.2) is 42.9 Å². The summed E-state index contributed by atoms with van der Waals surface area (Å²) in [7, 11) is 1.70. The number of guanidine groups is 1. The number of halogens is 1. The van der Waals surface area contributed by atoms with Crippen molar-refractivity contribution in [2.75, 3.05) is 26.8 Å². The molecule has 0 atom stereocenters. The van der Waals surface area contributed by atoms with Gasteiger partial charge in [0.1, 0.15) is 0 Å². The predicted octanol–water partition coefficient (Wildman–Crippen LogP) is 2.09. The van der Waals surface area contributed by atoms with Gasteiger partial charge in [0.15, 0.2) is 5.96 Å². The second kappa shape index (κ2) is 9.12. The highest BCUT2D eigenvalue weighted by molar-refractivity contribution is 6.30. The van der Waals surface area contributed by atoms with E-state index in [2.05, 4.69) is 25.8 Å². The Kier molecular flexibility index (Phi) is 6.83. The maximum absolute atomic E-state index is 5.96. The zero-order chi connectivity index (χ0) is 16.5. The molecule has 0 saturated heterocycles. The van der Waals surface area contributed by atoms with E-state index in [9.17, 15) is 0 Å². The zero-order valence-corrected chi connectivity index (χ0v) is 13.9. The van der Waals surface area contributed by atoms with Gasteiger partial charge in [-0.15, -0.1) is 0 Å². The van der Waals surface area contributed by atoms with Gasteiger partial charge < -0.3 is 19.9 Å². The first kappa shape index (κ1) is 17.2. The van der Waals surface area contributed by atoms with Crippen molar-refractivity contribution in [3.63, 3.8) is 0 Å². The summed E-state index contributed by atoms with van der Waals surface area (Å²) in [6, 6.07) is 7.31. The van der Waals surface area contributed by atoms with Gasteiger partial charge in [-0.2, -0.15) is 4.98 Å². The molecule has 0 fully saturated rings. The Bertz CT molecular complexity index is 644. The van der Waals surface area contributed by atoms with E-state index in [0.717, 1.165) is 5.56 Å². The number of nitrogens with zero attached hydrogens (tertiary/aromatic N) is 3. The minimum Gasteiger partial charge on any atom is -0.380 e. The highest BCUT2D eigenvalue weighted by Gasteiger charge is 2.09. The molecule has 0 aliphatic rings. The first-order valence-corrected chi connectivity index (χ1v) is 7.71. The summed E-state index contributed by atoms with van der Waals surface area (Å²) in [4.78, 5) is 8.44. The van der Waals surface area contributed by atoms with Crippen molar-refractivity contribution < 1.29 is 9.26 Å². The van der Waals surface area contributed by atoms with E-state index in [1.807, 2.05) is 19.1 Å². The predicted molar refractivity (Wildman–Crippen MR) is 89.4 cm³/mol. The molecule has 0 spiro atoms. The largest absolute Gasteiger partial charge is 0.380 e. The first-order chi connectivity index (χ1) is 11.2. The van der Waals surface area contributed by atoms with Gasteiger partial charge >= 0.3 is 0 Å². The highest BCUT2D eigenvalue weighted by Crippen LogP contribution is 2.19. The molecule has 124 valence electrons. The molecule has 0 radical (unpaired) electrons. The quantitative estimate of drug-likeness (QED) is 0.457. The smallest absolute Gasteiger partial charge is 0.246 e. The topological polar surface area (TPSA) is 84.6 Å². The van der Waals surface area contributed by atoms with Crippen molar-refractivity contribution in [1.82, 2.24) is 20.8 Å². The van der Waals surface area contributed by atoms with Crippen molar-refractivity contribution >= 4 is 17.6 Å². The number of hydrogen-bond donors (Lipinski definition) is 2. The minimum atomic E-state index is 0.377. The van der Waals surface area contributed by atoms with Crippen LogP contribution in [0.15, 0.2) is 33.8 Å². The van der Waals surface area contributed by atoms with Crippen molar-refractivity contribution in [3.8, 4) is 11.4 Å². The molecule has 2 rings (SSSR count). The lowest BCUT2D eigenvalue weighted by atomic mass is 10.2. The highest BCUT2D eigenvalue weighted by atomic mass is 35.5. The van der Waals surface area contributed by atoms with Crippen LogP contribution in [0.1, 0.15) is 12.8 Å². The van der Waals surface area contributed by atoms with Crippen LogP contribution >= 0.6 is 11.6 Å². The molecule has 7 nitrogen and oxygen atoms in total. The molecule has 2 aromatic rings. The maximum atomic E-state index is 5.96. The number of nitrogens with one attached hydrogen (secondary N) is 2. The molecule has 23 heavy (non-hydrogen) atoms. The van der Waals surface area contributed by atoms with Gasteiger partial charge in [0.2, 0.25) is 11.7 Å². The molecule has 2 N–H and O–H groups in total. The third-order valence-electron chi connectivity index (χ3n) is 2.92. The summed E-state index contributed by atoms with van der Waals surface area (Å²) in [6.07, 6.45) is 0. The Labute approximate surface area is 140 Å². The summed E-state index contributed by atoms with van der Waals surface area (Å²) in [5, 5.41) is 10.8. The summed E-state index contributed by atoms with van der Waals surface area (Å²) >= 11 is 5.96. The Morgan fingerprint density at radius 3 is 3.00 bits per heavy atom. The normalized spacial score (nSPS) is 11.5. The number of benzene rings is 1. The van der Waals surface area contributed by atoms with Gasteiger partial charge in [0, 0.05) is 30.8 Å². The SMILES string of the molecule is CCOCCNC(=NC)NCc1nc(-c2cccc(Cl)c2)no1. The third-order valence-corrected chi connectivity index (χ3v) is 3.16. The number of aliphatic imine (C=N–C) groups is 1. The Hall–Kier alpha value is -2.12. The van der Waals surface area contributed by atoms with Gasteiger partial charge in [-0.1, -0.05) is 28.9 Å². The lowest BCUT2D eigenvalue weighted by molar-refractivity contribution is 0.152. The van der Waals surface area contributed by atoms with Crippen LogP contribution < -0.4 is 10.6 Å². The lowest BCUT2D eigenvalue weighted by Gasteiger charge is -2.09. The molecular weight excluding hydrogens is 318 g/mol. The molecule has 0 aliphatic heterocycles. The van der Waals surface area contributed by atoms with Crippen molar-refractivity contribution in [3.05, 3.63) is 35.2 Å². The Balaban J connectivity index is 1.86. The maximum Gasteiger partial charge on any atom is 0.246 e. The number of rotatable bonds is 7. The van der Waals surface area contributed by atoms with E-state index < -0.39 is 0 Å². The van der Waals surface area contributed by atoms with Gasteiger partial charge in [0.05, 0.1) is 13.2 Å². The molecule has 0 unspecified atom stereocenters. The van der Waals surface area contributed by atoms with Crippen molar-refractivity contribution in [2.24, 2.45) is 4.99 Å². The molecule has 1 aromatic carbocycles. The van der Waals surface area contributed by atoms with Gasteiger partial charge in [-0.25, -0.2) is 0 Å². The van der Waals surface area contributed by atoms with E-state index in [1.54, 1.807) is 19.2 Å². The second-order valence-corrected chi connectivity index (χ2v) is 5.01. The average Bonchev–Trinajstić information content (AvgIpc) is 3.03. The van der Waals surface area contributed by atoms with Crippen LogP contribution in [0, 0.1) is 0 Å². The monoisotopic (exact) mass is 337 g/mol. The molecule has 0 aliphatic carbocycles. The van der Waals surface area contributed by atoms with Crippen LogP contribution in [0.5, 0.6) is 0 Å². The van der Waals surface area contributed by atoms with Gasteiger partial charge in [0.25, 0.3) is 0 Å². The fraction of sp³-hybridized carbons (Fsp3) is 0.400. The molecule has 0 bridgehead atoms. The van der Waals surface area contributed by atoms with Gasteiger partial charge in [-0.3, -0.25) is 4.99 Å². The van der Waals surface area contributed by atoms with Crippen LogP contribution in [0.4, 0.5) is 0 Å². The zero-order valence-electron chi connectivity index (χ0n) is 13.2. The molecular formula is C15H20ClN5O2. The standard InChI is InChI=1S/C15H20ClN5O2/c1-3-22-8-7-18-15(17-2)19-10-13-20-14(21-23-13)11-5-4-6-12(16)9-11/h4-6,9H,3,7-8,10H2,1-2H3,(H2,17,18,19). The first-order valence-electron chi connectivity index (χ1n) is 7.33. The fourth-order valence-corrected chi connectivity index (χ4v) is 2.03. The number of aromatic nitrogens is 2. The summed E-state index contributed by atoms with van der Waals surface area (Å²) in [5.41, 5.74) is 0.812. The second-order valence-electron chi connectivity index (χ2n) is 4.57. The fourth-order valence-electron chi connectivity index (χ4n) is 1.84.